The molecule has 3 N–H and O–H groups in total. The van der Waals surface area contributed by atoms with E-state index in [4.69, 9.17) is 5.11 Å². The molecule has 0 aliphatic carbocycles. The standard InChI is InChI=1S/C8H10O.C8H10.C8H8.H2O.H2/c1-7(9)8-5-3-2-4-6-8;2*1-2-8-6-4-3-5-7-8;;/h2-7,9H,1H3;3-7H,2H2,1H3;2-7H,1H2;1H2;1H. The van der Waals surface area contributed by atoms with Crippen LogP contribution in [0.25, 0.3) is 6.08 Å². The Balaban J connectivity index is 0. The minimum absolute atomic E-state index is 0. The molecule has 2 nitrogen and oxygen atoms in total. The van der Waals surface area contributed by atoms with Gasteiger partial charge in [0, 0.05) is 1.43 Å². The van der Waals surface area contributed by atoms with Gasteiger partial charge in [-0.2, -0.15) is 0 Å². The third-order valence-corrected chi connectivity index (χ3v) is 3.57. The summed E-state index contributed by atoms with van der Waals surface area (Å²) in [5.41, 5.74) is 3.55. The van der Waals surface area contributed by atoms with Crippen molar-refractivity contribution in [1.82, 2.24) is 0 Å². The Hall–Kier alpha value is -2.68. The number of hydrogen-bond acceptors (Lipinski definition) is 1. The number of aliphatic hydroxyl groups is 1. The van der Waals surface area contributed by atoms with Crippen molar-refractivity contribution in [3.63, 3.8) is 0 Å². The van der Waals surface area contributed by atoms with Crippen LogP contribution in [0.2, 0.25) is 0 Å². The van der Waals surface area contributed by atoms with Crippen LogP contribution in [0, 0.1) is 0 Å². The lowest BCUT2D eigenvalue weighted by atomic mass is 10.1. The fourth-order valence-electron chi connectivity index (χ4n) is 2.03. The number of aryl methyl sites for hydroxylation is 1. The lowest BCUT2D eigenvalue weighted by Crippen LogP contribution is -1.87. The van der Waals surface area contributed by atoms with Crippen LogP contribution in [-0.2, 0) is 6.42 Å². The fraction of sp³-hybridized carbons (Fsp3) is 0.167. The molecular weight excluding hydrogens is 320 g/mol. The molecule has 1 atom stereocenters. The molecule has 0 saturated carbocycles. The van der Waals surface area contributed by atoms with Gasteiger partial charge >= 0.3 is 0 Å². The quantitative estimate of drug-likeness (QED) is 0.642. The second-order valence-corrected chi connectivity index (χ2v) is 5.54. The molecule has 3 aromatic rings. The first-order valence-electron chi connectivity index (χ1n) is 8.61. The van der Waals surface area contributed by atoms with Crippen molar-refractivity contribution in [1.29, 1.82) is 0 Å². The van der Waals surface area contributed by atoms with Crippen molar-refractivity contribution >= 4 is 6.08 Å². The first-order chi connectivity index (χ1) is 12.2. The molecule has 0 fully saturated rings. The van der Waals surface area contributed by atoms with Crippen LogP contribution in [0.5, 0.6) is 0 Å². The zero-order chi connectivity index (χ0) is 18.3. The maximum atomic E-state index is 9.02. The minimum atomic E-state index is -0.341. The number of hydrogen-bond donors (Lipinski definition) is 1. The highest BCUT2D eigenvalue weighted by Crippen LogP contribution is 2.09. The fourth-order valence-corrected chi connectivity index (χ4v) is 2.03. The molecule has 0 radical (unpaired) electrons. The summed E-state index contributed by atoms with van der Waals surface area (Å²) in [6.45, 7) is 7.55. The molecule has 3 rings (SSSR count). The third-order valence-electron chi connectivity index (χ3n) is 3.57. The van der Waals surface area contributed by atoms with Crippen LogP contribution >= 0.6 is 0 Å². The summed E-state index contributed by atoms with van der Waals surface area (Å²) < 4.78 is 0. The minimum Gasteiger partial charge on any atom is -0.412 e. The van der Waals surface area contributed by atoms with E-state index in [0.717, 1.165) is 12.0 Å². The smallest absolute Gasteiger partial charge is 0.0761 e. The van der Waals surface area contributed by atoms with E-state index in [9.17, 15) is 0 Å². The van der Waals surface area contributed by atoms with E-state index in [-0.39, 0.29) is 13.0 Å². The molecule has 0 spiro atoms. The predicted octanol–water partition coefficient (Wildman–Crippen LogP) is 5.74. The van der Waals surface area contributed by atoms with Crippen molar-refractivity contribution in [2.75, 3.05) is 0 Å². The summed E-state index contributed by atoms with van der Waals surface area (Å²) in [6, 6.07) is 30.1. The van der Waals surface area contributed by atoms with Crippen molar-refractivity contribution in [2.24, 2.45) is 0 Å². The summed E-state index contributed by atoms with van der Waals surface area (Å²) in [5.74, 6) is 0. The van der Waals surface area contributed by atoms with Crippen LogP contribution in [-0.4, -0.2) is 10.6 Å². The van der Waals surface area contributed by atoms with Gasteiger partial charge in [0.1, 0.15) is 0 Å². The Kier molecular flexibility index (Phi) is 13.1. The molecule has 0 aliphatic rings. The van der Waals surface area contributed by atoms with E-state index < -0.39 is 0 Å². The topological polar surface area (TPSA) is 51.7 Å². The highest BCUT2D eigenvalue weighted by Gasteiger charge is 1.95. The Morgan fingerprint density at radius 2 is 1.27 bits per heavy atom. The summed E-state index contributed by atoms with van der Waals surface area (Å²) in [5, 5.41) is 9.02. The molecule has 2 heteroatoms. The van der Waals surface area contributed by atoms with E-state index in [1.807, 2.05) is 72.8 Å². The molecule has 26 heavy (non-hydrogen) atoms. The maximum absolute atomic E-state index is 9.02. The lowest BCUT2D eigenvalue weighted by Gasteiger charge is -2.00. The van der Waals surface area contributed by atoms with Gasteiger partial charge in [-0.3, -0.25) is 0 Å². The first-order valence-corrected chi connectivity index (χ1v) is 8.61. The van der Waals surface area contributed by atoms with Crippen molar-refractivity contribution in [3.05, 3.63) is 114 Å². The Morgan fingerprint density at radius 1 is 0.846 bits per heavy atom. The predicted molar refractivity (Wildman–Crippen MR) is 115 cm³/mol. The number of rotatable bonds is 3. The van der Waals surface area contributed by atoms with Gasteiger partial charge in [-0.15, -0.1) is 0 Å². The Labute approximate surface area is 159 Å². The second kappa shape index (κ2) is 14.6. The van der Waals surface area contributed by atoms with Crippen molar-refractivity contribution in [2.45, 2.75) is 26.4 Å². The zero-order valence-corrected chi connectivity index (χ0v) is 15.7. The van der Waals surface area contributed by atoms with Crippen LogP contribution in [0.3, 0.4) is 0 Å². The first kappa shape index (κ1) is 23.3. The third kappa shape index (κ3) is 10.2. The van der Waals surface area contributed by atoms with E-state index in [1.54, 1.807) is 6.92 Å². The van der Waals surface area contributed by atoms with E-state index in [0.29, 0.717) is 0 Å². The average Bonchev–Trinajstić information content (AvgIpc) is 2.71. The average molecular weight is 353 g/mol. The van der Waals surface area contributed by atoms with Gasteiger partial charge in [-0.1, -0.05) is 111 Å². The van der Waals surface area contributed by atoms with E-state index >= 15 is 0 Å². The molecule has 0 aromatic heterocycles. The van der Waals surface area contributed by atoms with Crippen LogP contribution in [0.1, 0.15) is 38.1 Å². The maximum Gasteiger partial charge on any atom is 0.0761 e. The van der Waals surface area contributed by atoms with Gasteiger partial charge < -0.3 is 10.6 Å². The molecule has 0 amide bonds. The molecular formula is C24H32O2. The molecule has 1 unspecified atom stereocenters. The van der Waals surface area contributed by atoms with Crippen molar-refractivity contribution in [3.8, 4) is 0 Å². The lowest BCUT2D eigenvalue weighted by molar-refractivity contribution is 0.199. The largest absolute Gasteiger partial charge is 0.412 e. The summed E-state index contributed by atoms with van der Waals surface area (Å²) >= 11 is 0. The van der Waals surface area contributed by atoms with Crippen LogP contribution < -0.4 is 0 Å². The summed E-state index contributed by atoms with van der Waals surface area (Å²) in [6.07, 6.45) is 2.63. The summed E-state index contributed by atoms with van der Waals surface area (Å²) in [4.78, 5) is 0. The number of benzene rings is 3. The van der Waals surface area contributed by atoms with Gasteiger partial charge in [0.25, 0.3) is 0 Å². The molecule has 0 aliphatic heterocycles. The Morgan fingerprint density at radius 3 is 1.54 bits per heavy atom. The van der Waals surface area contributed by atoms with Crippen LogP contribution in [0.4, 0.5) is 0 Å². The molecule has 3 aromatic carbocycles. The van der Waals surface area contributed by atoms with E-state index in [2.05, 4.69) is 37.8 Å². The van der Waals surface area contributed by atoms with E-state index in [1.165, 1.54) is 11.1 Å². The molecule has 0 saturated heterocycles. The van der Waals surface area contributed by atoms with Crippen LogP contribution in [0.15, 0.2) is 97.6 Å². The number of aliphatic hydroxyl groups excluding tert-OH is 1. The monoisotopic (exact) mass is 352 g/mol. The van der Waals surface area contributed by atoms with Gasteiger partial charge in [0.05, 0.1) is 6.10 Å². The highest BCUT2D eigenvalue weighted by molar-refractivity contribution is 5.45. The normalized spacial score (nSPS) is 9.96. The molecule has 140 valence electrons. The van der Waals surface area contributed by atoms with Gasteiger partial charge in [-0.05, 0) is 30.0 Å². The van der Waals surface area contributed by atoms with Gasteiger partial charge in [0.2, 0.25) is 0 Å². The summed E-state index contributed by atoms with van der Waals surface area (Å²) in [7, 11) is 0. The highest BCUT2D eigenvalue weighted by atomic mass is 16.3. The Bertz CT molecular complexity index is 683. The van der Waals surface area contributed by atoms with Gasteiger partial charge in [0.15, 0.2) is 0 Å². The SMILES string of the molecule is C=Cc1ccccc1.CC(O)c1ccccc1.CCc1ccccc1.O.[HH]. The second-order valence-electron chi connectivity index (χ2n) is 5.54. The molecule has 0 bridgehead atoms. The molecule has 0 heterocycles. The zero-order valence-electron chi connectivity index (χ0n) is 15.7. The van der Waals surface area contributed by atoms with Gasteiger partial charge in [-0.25, -0.2) is 0 Å². The van der Waals surface area contributed by atoms with Crippen molar-refractivity contribution < 1.29 is 12.0 Å².